The Morgan fingerprint density at radius 3 is 2.94 bits per heavy atom. The lowest BCUT2D eigenvalue weighted by atomic mass is 10.3. The van der Waals surface area contributed by atoms with Crippen LogP contribution < -0.4 is 21.1 Å². The van der Waals surface area contributed by atoms with Crippen LogP contribution in [0, 0.1) is 0 Å². The molecule has 1 rings (SSSR count). The van der Waals surface area contributed by atoms with Gasteiger partial charge in [-0.2, -0.15) is 0 Å². The van der Waals surface area contributed by atoms with Crippen molar-refractivity contribution in [3.8, 4) is 5.75 Å². The number of nitrogens with two attached hydrogens (primary N) is 1. The molecule has 0 bridgehead atoms. The zero-order valence-electron chi connectivity index (χ0n) is 9.32. The molecule has 1 aromatic carbocycles. The van der Waals surface area contributed by atoms with Gasteiger partial charge in [-0.3, -0.25) is 0 Å². The number of hydrogen-bond acceptors (Lipinski definition) is 3. The lowest BCUT2D eigenvalue weighted by Gasteiger charge is -2.08. The fraction of sp³-hybridized carbons (Fsp3) is 0.364. The maximum absolute atomic E-state index is 11.0. The summed E-state index contributed by atoms with van der Waals surface area (Å²) in [5, 5.41) is 5.29. The first-order chi connectivity index (χ1) is 7.72. The second-order valence-electron chi connectivity index (χ2n) is 3.21. The standard InChI is InChI=1S/C11H17N3O2/c1-2-13-11(15)14-6-7-16-10-5-3-4-9(12)8-10/h3-5,8H,2,6-7,12H2,1H3,(H2,13,14,15). The van der Waals surface area contributed by atoms with Crippen molar-refractivity contribution in [3.63, 3.8) is 0 Å². The third kappa shape index (κ3) is 4.54. The van der Waals surface area contributed by atoms with Crippen molar-refractivity contribution in [3.05, 3.63) is 24.3 Å². The summed E-state index contributed by atoms with van der Waals surface area (Å²) in [6.07, 6.45) is 0. The first kappa shape index (κ1) is 12.2. The number of ether oxygens (including phenoxy) is 1. The van der Waals surface area contributed by atoms with Crippen LogP contribution in [0.1, 0.15) is 6.92 Å². The number of anilines is 1. The van der Waals surface area contributed by atoms with E-state index in [0.717, 1.165) is 0 Å². The van der Waals surface area contributed by atoms with E-state index in [-0.39, 0.29) is 6.03 Å². The highest BCUT2D eigenvalue weighted by Gasteiger charge is 1.97. The third-order valence-electron chi connectivity index (χ3n) is 1.85. The molecule has 0 saturated heterocycles. The lowest BCUT2D eigenvalue weighted by molar-refractivity contribution is 0.237. The molecule has 0 radical (unpaired) electrons. The number of carbonyl (C=O) groups is 1. The third-order valence-corrected chi connectivity index (χ3v) is 1.85. The molecule has 0 aliphatic rings. The maximum Gasteiger partial charge on any atom is 0.314 e. The van der Waals surface area contributed by atoms with Crippen molar-refractivity contribution in [1.82, 2.24) is 10.6 Å². The van der Waals surface area contributed by atoms with Crippen molar-refractivity contribution >= 4 is 11.7 Å². The molecule has 5 nitrogen and oxygen atoms in total. The summed E-state index contributed by atoms with van der Waals surface area (Å²) in [7, 11) is 0. The lowest BCUT2D eigenvalue weighted by Crippen LogP contribution is -2.37. The van der Waals surface area contributed by atoms with Gasteiger partial charge in [-0.05, 0) is 19.1 Å². The van der Waals surface area contributed by atoms with Crippen molar-refractivity contribution in [2.45, 2.75) is 6.92 Å². The van der Waals surface area contributed by atoms with Gasteiger partial charge in [-0.1, -0.05) is 6.07 Å². The molecule has 2 amide bonds. The van der Waals surface area contributed by atoms with E-state index in [1.165, 1.54) is 0 Å². The minimum Gasteiger partial charge on any atom is -0.492 e. The van der Waals surface area contributed by atoms with Gasteiger partial charge in [0.2, 0.25) is 0 Å². The summed E-state index contributed by atoms with van der Waals surface area (Å²) < 4.78 is 5.39. The van der Waals surface area contributed by atoms with E-state index in [4.69, 9.17) is 10.5 Å². The van der Waals surface area contributed by atoms with Gasteiger partial charge in [-0.25, -0.2) is 4.79 Å². The van der Waals surface area contributed by atoms with E-state index in [0.29, 0.717) is 31.1 Å². The molecule has 1 aromatic rings. The predicted molar refractivity (Wildman–Crippen MR) is 63.4 cm³/mol. The van der Waals surface area contributed by atoms with Gasteiger partial charge in [0.15, 0.2) is 0 Å². The number of nitrogen functional groups attached to an aromatic ring is 1. The fourth-order valence-corrected chi connectivity index (χ4v) is 1.16. The van der Waals surface area contributed by atoms with E-state index >= 15 is 0 Å². The van der Waals surface area contributed by atoms with Gasteiger partial charge < -0.3 is 21.1 Å². The Labute approximate surface area is 95.0 Å². The highest BCUT2D eigenvalue weighted by Crippen LogP contribution is 2.13. The highest BCUT2D eigenvalue weighted by molar-refractivity contribution is 5.73. The zero-order chi connectivity index (χ0) is 11.8. The van der Waals surface area contributed by atoms with Crippen LogP contribution >= 0.6 is 0 Å². The van der Waals surface area contributed by atoms with Gasteiger partial charge in [0.1, 0.15) is 12.4 Å². The average molecular weight is 223 g/mol. The predicted octanol–water partition coefficient (Wildman–Crippen LogP) is 0.967. The highest BCUT2D eigenvalue weighted by atomic mass is 16.5. The van der Waals surface area contributed by atoms with Crippen LogP contribution in [0.4, 0.5) is 10.5 Å². The van der Waals surface area contributed by atoms with Crippen molar-refractivity contribution < 1.29 is 9.53 Å². The van der Waals surface area contributed by atoms with E-state index in [1.54, 1.807) is 12.1 Å². The quantitative estimate of drug-likeness (QED) is 0.514. The number of benzene rings is 1. The smallest absolute Gasteiger partial charge is 0.314 e. The molecule has 5 heteroatoms. The molecular formula is C11H17N3O2. The molecule has 0 heterocycles. The molecule has 0 saturated carbocycles. The first-order valence-electron chi connectivity index (χ1n) is 5.22. The van der Waals surface area contributed by atoms with Gasteiger partial charge in [0, 0.05) is 18.3 Å². The number of hydrogen-bond donors (Lipinski definition) is 3. The van der Waals surface area contributed by atoms with Crippen LogP contribution in [0.2, 0.25) is 0 Å². The Balaban J connectivity index is 2.18. The number of rotatable bonds is 5. The zero-order valence-corrected chi connectivity index (χ0v) is 9.32. The molecule has 16 heavy (non-hydrogen) atoms. The normalized spacial score (nSPS) is 9.56. The molecule has 0 atom stereocenters. The summed E-state index contributed by atoms with van der Waals surface area (Å²) in [6.45, 7) is 3.35. The minimum atomic E-state index is -0.182. The second-order valence-corrected chi connectivity index (χ2v) is 3.21. The Kier molecular flexibility index (Phi) is 4.98. The van der Waals surface area contributed by atoms with Crippen LogP contribution in [-0.4, -0.2) is 25.7 Å². The van der Waals surface area contributed by atoms with Crippen LogP contribution in [0.25, 0.3) is 0 Å². The fourth-order valence-electron chi connectivity index (χ4n) is 1.16. The molecule has 0 aliphatic heterocycles. The Morgan fingerprint density at radius 2 is 2.25 bits per heavy atom. The molecule has 0 unspecified atom stereocenters. The van der Waals surface area contributed by atoms with Gasteiger partial charge >= 0.3 is 6.03 Å². The summed E-state index contributed by atoms with van der Waals surface area (Å²) in [4.78, 5) is 11.0. The van der Waals surface area contributed by atoms with Gasteiger partial charge in [-0.15, -0.1) is 0 Å². The van der Waals surface area contributed by atoms with Crippen molar-refractivity contribution in [2.24, 2.45) is 0 Å². The summed E-state index contributed by atoms with van der Waals surface area (Å²) in [5.41, 5.74) is 6.25. The summed E-state index contributed by atoms with van der Waals surface area (Å²) in [5.74, 6) is 0.706. The second kappa shape index (κ2) is 6.55. The van der Waals surface area contributed by atoms with Crippen LogP contribution in [-0.2, 0) is 0 Å². The molecular weight excluding hydrogens is 206 g/mol. The summed E-state index contributed by atoms with van der Waals surface area (Å²) >= 11 is 0. The largest absolute Gasteiger partial charge is 0.492 e. The maximum atomic E-state index is 11.0. The summed E-state index contributed by atoms with van der Waals surface area (Å²) in [6, 6.07) is 7.00. The van der Waals surface area contributed by atoms with Gasteiger partial charge in [0.05, 0.1) is 6.54 Å². The molecule has 0 fully saturated rings. The van der Waals surface area contributed by atoms with Crippen molar-refractivity contribution in [1.29, 1.82) is 0 Å². The van der Waals surface area contributed by atoms with E-state index in [9.17, 15) is 4.79 Å². The van der Waals surface area contributed by atoms with Crippen LogP contribution in [0.15, 0.2) is 24.3 Å². The first-order valence-corrected chi connectivity index (χ1v) is 5.22. The number of urea groups is 1. The van der Waals surface area contributed by atoms with E-state index < -0.39 is 0 Å². The molecule has 0 spiro atoms. The van der Waals surface area contributed by atoms with Crippen LogP contribution in [0.5, 0.6) is 5.75 Å². The number of amides is 2. The van der Waals surface area contributed by atoms with E-state index in [2.05, 4.69) is 10.6 Å². The van der Waals surface area contributed by atoms with E-state index in [1.807, 2.05) is 19.1 Å². The SMILES string of the molecule is CCNC(=O)NCCOc1cccc(N)c1. The molecule has 0 aromatic heterocycles. The molecule has 0 aliphatic carbocycles. The van der Waals surface area contributed by atoms with Gasteiger partial charge in [0.25, 0.3) is 0 Å². The van der Waals surface area contributed by atoms with Crippen molar-refractivity contribution in [2.75, 3.05) is 25.4 Å². The number of carbonyl (C=O) groups excluding carboxylic acids is 1. The topological polar surface area (TPSA) is 76.4 Å². The monoisotopic (exact) mass is 223 g/mol. The Hall–Kier alpha value is -1.91. The van der Waals surface area contributed by atoms with Crippen LogP contribution in [0.3, 0.4) is 0 Å². The average Bonchev–Trinajstić information content (AvgIpc) is 2.25. The minimum absolute atomic E-state index is 0.182. The molecule has 4 N–H and O–H groups in total. The molecule has 88 valence electrons. The Bertz CT molecular complexity index is 342. The Morgan fingerprint density at radius 1 is 1.44 bits per heavy atom. The number of nitrogens with one attached hydrogen (secondary N) is 2.